The second kappa shape index (κ2) is 8.58. The largest absolute Gasteiger partial charge is 0.465 e. The van der Waals surface area contributed by atoms with Crippen LogP contribution in [0.15, 0.2) is 12.1 Å². The van der Waals surface area contributed by atoms with E-state index in [1.54, 1.807) is 4.68 Å². The highest BCUT2D eigenvalue weighted by Gasteiger charge is 2.20. The Balaban J connectivity index is 2.39. The van der Waals surface area contributed by atoms with Gasteiger partial charge < -0.3 is 9.47 Å². The van der Waals surface area contributed by atoms with Gasteiger partial charge >= 0.3 is 5.97 Å². The lowest BCUT2D eigenvalue weighted by molar-refractivity contribution is 0.0600. The van der Waals surface area contributed by atoms with Gasteiger partial charge in [0.2, 0.25) is 0 Å². The molecule has 0 aliphatic heterocycles. The minimum absolute atomic E-state index is 0.328. The molecule has 0 aliphatic rings. The highest BCUT2D eigenvalue weighted by atomic mass is 35.5. The number of halogens is 1. The summed E-state index contributed by atoms with van der Waals surface area (Å²) in [7, 11) is 0.239. The van der Waals surface area contributed by atoms with Crippen molar-refractivity contribution in [2.45, 2.75) is 53.2 Å². The molecule has 5 nitrogen and oxygen atoms in total. The van der Waals surface area contributed by atoms with Crippen LogP contribution in [0.2, 0.25) is 30.8 Å². The van der Waals surface area contributed by atoms with Crippen LogP contribution in [0.5, 0.6) is 0 Å². The zero-order valence-corrected chi connectivity index (χ0v) is 19.0. The minimum atomic E-state index is -1.15. The first-order valence-electron chi connectivity index (χ1n) is 9.05. The standard InChI is InChI=1S/C20H29ClN2O3Si/c1-13-10-14(2)17(20(24)25-4)11-16(13)18-15(3)19(21)22-23(18)12-26-8-9-27(5,6)7/h10-11H,8-9,12H2,1-7H3. The summed E-state index contributed by atoms with van der Waals surface area (Å²) in [4.78, 5) is 12.1. The quantitative estimate of drug-likeness (QED) is 0.357. The van der Waals surface area contributed by atoms with E-state index in [9.17, 15) is 4.79 Å². The number of hydrogen-bond acceptors (Lipinski definition) is 4. The molecule has 0 spiro atoms. The lowest BCUT2D eigenvalue weighted by Gasteiger charge is -2.17. The molecule has 0 saturated heterocycles. The predicted octanol–water partition coefficient (Wildman–Crippen LogP) is 5.23. The highest BCUT2D eigenvalue weighted by Crippen LogP contribution is 2.33. The molecule has 148 valence electrons. The molecule has 1 heterocycles. The number of methoxy groups -OCH3 is 1. The second-order valence-corrected chi connectivity index (χ2v) is 14.1. The van der Waals surface area contributed by atoms with Crippen molar-refractivity contribution in [3.8, 4) is 11.3 Å². The first-order valence-corrected chi connectivity index (χ1v) is 13.1. The third kappa shape index (κ3) is 5.21. The molecule has 1 aromatic heterocycles. The fourth-order valence-electron chi connectivity index (χ4n) is 2.92. The maximum absolute atomic E-state index is 12.1. The number of carbonyl (C=O) groups is 1. The first kappa shape index (κ1) is 21.7. The van der Waals surface area contributed by atoms with Gasteiger partial charge in [-0.3, -0.25) is 0 Å². The monoisotopic (exact) mass is 408 g/mol. The van der Waals surface area contributed by atoms with Crippen molar-refractivity contribution in [2.24, 2.45) is 0 Å². The van der Waals surface area contributed by atoms with Gasteiger partial charge in [0.15, 0.2) is 5.15 Å². The molecule has 0 radical (unpaired) electrons. The van der Waals surface area contributed by atoms with Crippen molar-refractivity contribution in [1.29, 1.82) is 0 Å². The van der Waals surface area contributed by atoms with Crippen LogP contribution in [-0.2, 0) is 16.2 Å². The molecule has 7 heteroatoms. The number of carbonyl (C=O) groups excluding carboxylic acids is 1. The fraction of sp³-hybridized carbons (Fsp3) is 0.500. The summed E-state index contributed by atoms with van der Waals surface area (Å²) < 4.78 is 12.6. The molecule has 0 atom stereocenters. The molecule has 1 aromatic carbocycles. The summed E-state index contributed by atoms with van der Waals surface area (Å²) in [5, 5.41) is 4.87. The van der Waals surface area contributed by atoms with Crippen LogP contribution in [0, 0.1) is 20.8 Å². The van der Waals surface area contributed by atoms with Crippen LogP contribution >= 0.6 is 11.6 Å². The van der Waals surface area contributed by atoms with E-state index in [1.165, 1.54) is 7.11 Å². The van der Waals surface area contributed by atoms with Gasteiger partial charge in [0.05, 0.1) is 18.4 Å². The predicted molar refractivity (Wildman–Crippen MR) is 112 cm³/mol. The fourth-order valence-corrected chi connectivity index (χ4v) is 3.86. The Morgan fingerprint density at radius 3 is 2.44 bits per heavy atom. The van der Waals surface area contributed by atoms with E-state index >= 15 is 0 Å². The van der Waals surface area contributed by atoms with Gasteiger partial charge in [-0.1, -0.05) is 37.3 Å². The number of rotatable bonds is 7. The van der Waals surface area contributed by atoms with Gasteiger partial charge in [-0.25, -0.2) is 9.48 Å². The maximum atomic E-state index is 12.1. The number of ether oxygens (including phenoxy) is 2. The smallest absolute Gasteiger partial charge is 0.338 e. The highest BCUT2D eigenvalue weighted by molar-refractivity contribution is 6.76. The third-order valence-electron chi connectivity index (χ3n) is 4.57. The molecule has 0 aliphatic carbocycles. The van der Waals surface area contributed by atoms with Crippen molar-refractivity contribution in [1.82, 2.24) is 9.78 Å². The van der Waals surface area contributed by atoms with E-state index in [0.717, 1.165) is 34.0 Å². The van der Waals surface area contributed by atoms with Crippen LogP contribution in [0.3, 0.4) is 0 Å². The summed E-state index contributed by atoms with van der Waals surface area (Å²) in [5.74, 6) is -0.352. The molecule has 0 bridgehead atoms. The molecular weight excluding hydrogens is 380 g/mol. The van der Waals surface area contributed by atoms with Gasteiger partial charge in [0.1, 0.15) is 6.73 Å². The van der Waals surface area contributed by atoms with Gasteiger partial charge in [0, 0.05) is 25.8 Å². The van der Waals surface area contributed by atoms with Gasteiger partial charge in [-0.15, -0.1) is 0 Å². The van der Waals surface area contributed by atoms with Crippen LogP contribution in [0.25, 0.3) is 11.3 Å². The summed E-state index contributed by atoms with van der Waals surface area (Å²) in [6.45, 7) is 13.8. The first-order chi connectivity index (χ1) is 12.5. The van der Waals surface area contributed by atoms with E-state index in [1.807, 2.05) is 32.9 Å². The van der Waals surface area contributed by atoms with Crippen LogP contribution in [-0.4, -0.2) is 37.5 Å². The third-order valence-corrected chi connectivity index (χ3v) is 6.64. The maximum Gasteiger partial charge on any atom is 0.338 e. The molecule has 0 N–H and O–H groups in total. The van der Waals surface area contributed by atoms with E-state index in [2.05, 4.69) is 24.7 Å². The Kier molecular flexibility index (Phi) is 6.89. The Labute approximate surface area is 167 Å². The van der Waals surface area contributed by atoms with E-state index < -0.39 is 8.07 Å². The number of esters is 1. The summed E-state index contributed by atoms with van der Waals surface area (Å²) in [6.07, 6.45) is 0. The van der Waals surface area contributed by atoms with Crippen LogP contribution in [0.4, 0.5) is 0 Å². The number of nitrogens with zero attached hydrogens (tertiary/aromatic N) is 2. The van der Waals surface area contributed by atoms with Crippen LogP contribution in [0.1, 0.15) is 27.0 Å². The number of hydrogen-bond donors (Lipinski definition) is 0. The number of aryl methyl sites for hydroxylation is 2. The van der Waals surface area contributed by atoms with Gasteiger partial charge in [0.25, 0.3) is 0 Å². The zero-order valence-electron chi connectivity index (χ0n) is 17.3. The average Bonchev–Trinajstić information content (AvgIpc) is 2.85. The van der Waals surface area contributed by atoms with E-state index in [0.29, 0.717) is 24.1 Å². The van der Waals surface area contributed by atoms with Crippen molar-refractivity contribution in [3.05, 3.63) is 39.5 Å². The Bertz CT molecular complexity index is 841. The minimum Gasteiger partial charge on any atom is -0.465 e. The Morgan fingerprint density at radius 2 is 1.85 bits per heavy atom. The van der Waals surface area contributed by atoms with Gasteiger partial charge in [-0.05, 0) is 44.0 Å². The normalized spacial score (nSPS) is 11.7. The van der Waals surface area contributed by atoms with Crippen molar-refractivity contribution in [3.63, 3.8) is 0 Å². The average molecular weight is 409 g/mol. The zero-order chi connectivity index (χ0) is 20.4. The lowest BCUT2D eigenvalue weighted by atomic mass is 9.96. The van der Waals surface area contributed by atoms with Crippen molar-refractivity contribution >= 4 is 25.6 Å². The molecule has 2 aromatic rings. The van der Waals surface area contributed by atoms with Crippen molar-refractivity contribution < 1.29 is 14.3 Å². The molecule has 27 heavy (non-hydrogen) atoms. The van der Waals surface area contributed by atoms with E-state index in [4.69, 9.17) is 21.1 Å². The molecule has 0 unspecified atom stereocenters. The van der Waals surface area contributed by atoms with Crippen molar-refractivity contribution in [2.75, 3.05) is 13.7 Å². The summed E-state index contributed by atoms with van der Waals surface area (Å²) in [6, 6.07) is 4.93. The summed E-state index contributed by atoms with van der Waals surface area (Å²) >= 11 is 6.31. The molecular formula is C20H29ClN2O3Si. The Hall–Kier alpha value is -1.63. The Morgan fingerprint density at radius 1 is 1.19 bits per heavy atom. The molecule has 0 amide bonds. The van der Waals surface area contributed by atoms with Gasteiger partial charge in [-0.2, -0.15) is 5.10 Å². The topological polar surface area (TPSA) is 53.3 Å². The van der Waals surface area contributed by atoms with Crippen LogP contribution < -0.4 is 0 Å². The lowest BCUT2D eigenvalue weighted by Crippen LogP contribution is -2.22. The number of benzene rings is 1. The number of aromatic nitrogens is 2. The molecule has 0 fully saturated rings. The second-order valence-electron chi connectivity index (χ2n) is 8.09. The SMILES string of the molecule is COC(=O)c1cc(-c2c(C)c(Cl)nn2COCC[Si](C)(C)C)c(C)cc1C. The molecule has 2 rings (SSSR count). The molecule has 0 saturated carbocycles. The van der Waals surface area contributed by atoms with E-state index in [-0.39, 0.29) is 5.97 Å². The summed E-state index contributed by atoms with van der Waals surface area (Å²) in [5.41, 5.74) is 5.11.